The van der Waals surface area contributed by atoms with E-state index in [1.54, 1.807) is 6.20 Å². The second kappa shape index (κ2) is 8.96. The number of carbonyl (C=O) groups is 1. The Morgan fingerprint density at radius 3 is 2.81 bits per heavy atom. The number of hydrogen-bond donors (Lipinski definition) is 2. The number of aromatic nitrogens is 2. The van der Waals surface area contributed by atoms with E-state index in [1.165, 1.54) is 50.9 Å². The summed E-state index contributed by atoms with van der Waals surface area (Å²) in [5, 5.41) is 6.26. The lowest BCUT2D eigenvalue weighted by atomic mass is 9.73. The molecule has 2 N–H and O–H groups in total. The van der Waals surface area contributed by atoms with Gasteiger partial charge in [-0.2, -0.15) is 0 Å². The summed E-state index contributed by atoms with van der Waals surface area (Å²) in [5.41, 5.74) is 0.844. The number of nitrogens with zero attached hydrogens (tertiary/aromatic N) is 4. The molecule has 2 fully saturated rings. The average Bonchev–Trinajstić information content (AvgIpc) is 3.08. The van der Waals surface area contributed by atoms with E-state index in [1.807, 2.05) is 0 Å². The van der Waals surface area contributed by atoms with Crippen molar-refractivity contribution in [2.75, 3.05) is 32.7 Å². The minimum atomic E-state index is -0.208. The number of hydrogen-bond acceptors (Lipinski definition) is 4. The molecule has 0 bridgehead atoms. The molecule has 142 valence electrons. The van der Waals surface area contributed by atoms with Crippen molar-refractivity contribution in [3.05, 3.63) is 24.3 Å². The highest BCUT2D eigenvalue weighted by Crippen LogP contribution is 2.43. The molecule has 0 radical (unpaired) electrons. The minimum Gasteiger partial charge on any atom is -0.357 e. The molecule has 1 aromatic rings. The zero-order valence-electron chi connectivity index (χ0n) is 15.7. The Morgan fingerprint density at radius 2 is 2.08 bits per heavy atom. The maximum Gasteiger partial charge on any atom is 0.271 e. The summed E-state index contributed by atoms with van der Waals surface area (Å²) in [6.45, 7) is 6.19. The minimum absolute atomic E-state index is 0.208. The number of aliphatic imine (C=N–C) groups is 1. The first-order chi connectivity index (χ1) is 12.7. The third kappa shape index (κ3) is 4.71. The van der Waals surface area contributed by atoms with Gasteiger partial charge in [-0.15, -0.1) is 0 Å². The zero-order valence-corrected chi connectivity index (χ0v) is 15.7. The summed E-state index contributed by atoms with van der Waals surface area (Å²) in [7, 11) is 0. The molecule has 1 aliphatic heterocycles. The van der Waals surface area contributed by atoms with E-state index in [9.17, 15) is 4.79 Å². The van der Waals surface area contributed by atoms with E-state index in [4.69, 9.17) is 4.99 Å². The van der Waals surface area contributed by atoms with E-state index in [2.05, 4.69) is 32.4 Å². The second-order valence-electron chi connectivity index (χ2n) is 7.31. The molecular formula is C19H30N6O. The van der Waals surface area contributed by atoms with Gasteiger partial charge in [0.2, 0.25) is 0 Å². The van der Waals surface area contributed by atoms with Crippen molar-refractivity contribution < 1.29 is 4.79 Å². The Morgan fingerprint density at radius 1 is 1.23 bits per heavy atom. The van der Waals surface area contributed by atoms with E-state index in [-0.39, 0.29) is 5.91 Å². The predicted octanol–water partition coefficient (Wildman–Crippen LogP) is 1.83. The number of nitrogens with one attached hydrogen (secondary N) is 2. The summed E-state index contributed by atoms with van der Waals surface area (Å²) in [6.07, 6.45) is 12.7. The first-order valence-electron chi connectivity index (χ1n) is 9.80. The van der Waals surface area contributed by atoms with Crippen molar-refractivity contribution in [3.8, 4) is 0 Å². The van der Waals surface area contributed by atoms with Crippen molar-refractivity contribution in [2.45, 2.75) is 45.4 Å². The van der Waals surface area contributed by atoms with Crippen LogP contribution in [0, 0.1) is 5.41 Å². The Balaban J connectivity index is 1.50. The highest BCUT2D eigenvalue weighted by Gasteiger charge is 2.39. The van der Waals surface area contributed by atoms with Crippen molar-refractivity contribution in [1.29, 1.82) is 0 Å². The first-order valence-corrected chi connectivity index (χ1v) is 9.80. The molecule has 7 nitrogen and oxygen atoms in total. The Labute approximate surface area is 155 Å². The van der Waals surface area contributed by atoms with Crippen molar-refractivity contribution in [3.63, 3.8) is 0 Å². The zero-order chi connectivity index (χ0) is 18.2. The van der Waals surface area contributed by atoms with E-state index >= 15 is 0 Å². The lowest BCUT2D eigenvalue weighted by molar-refractivity contribution is 0.0949. The molecular weight excluding hydrogens is 328 g/mol. The van der Waals surface area contributed by atoms with Crippen molar-refractivity contribution >= 4 is 11.9 Å². The third-order valence-corrected chi connectivity index (χ3v) is 5.44. The Hall–Kier alpha value is -2.18. The molecule has 0 atom stereocenters. The lowest BCUT2D eigenvalue weighted by Gasteiger charge is -2.33. The summed E-state index contributed by atoms with van der Waals surface area (Å²) in [4.78, 5) is 27.0. The molecule has 1 spiro atoms. The van der Waals surface area contributed by atoms with Crippen LogP contribution in [0.2, 0.25) is 0 Å². The fraction of sp³-hybridized carbons (Fsp3) is 0.684. The fourth-order valence-electron chi connectivity index (χ4n) is 4.09. The van der Waals surface area contributed by atoms with Crippen LogP contribution in [0.5, 0.6) is 0 Å². The molecule has 1 amide bonds. The smallest absolute Gasteiger partial charge is 0.271 e. The SMILES string of the molecule is CCNC(=NCCNC(=O)c1cnccn1)N1CCC2(CCCCC2)C1. The van der Waals surface area contributed by atoms with Crippen LogP contribution in [-0.2, 0) is 0 Å². The van der Waals surface area contributed by atoms with E-state index in [0.29, 0.717) is 24.2 Å². The first kappa shape index (κ1) is 18.6. The number of carbonyl (C=O) groups excluding carboxylic acids is 1. The van der Waals surface area contributed by atoms with Gasteiger partial charge in [0, 0.05) is 38.6 Å². The van der Waals surface area contributed by atoms with E-state index < -0.39 is 0 Å². The molecule has 3 rings (SSSR count). The third-order valence-electron chi connectivity index (χ3n) is 5.44. The summed E-state index contributed by atoms with van der Waals surface area (Å²) < 4.78 is 0. The number of rotatable bonds is 5. The molecule has 1 saturated heterocycles. The summed E-state index contributed by atoms with van der Waals surface area (Å²) in [6, 6.07) is 0. The van der Waals surface area contributed by atoms with Crippen LogP contribution in [0.3, 0.4) is 0 Å². The standard InChI is InChI=1S/C19H30N6O/c1-2-21-18(25-13-8-19(15-25)6-4-3-5-7-19)24-12-11-23-17(26)16-14-20-9-10-22-16/h9-10,14H,2-8,11-13,15H2,1H3,(H,21,24)(H,23,26). The van der Waals surface area contributed by atoms with Gasteiger partial charge in [-0.05, 0) is 31.6 Å². The maximum atomic E-state index is 12.0. The van der Waals surface area contributed by atoms with Gasteiger partial charge in [0.15, 0.2) is 5.96 Å². The van der Waals surface area contributed by atoms with Crippen LogP contribution in [-0.4, -0.2) is 59.5 Å². The number of guanidine groups is 1. The topological polar surface area (TPSA) is 82.5 Å². The van der Waals surface area contributed by atoms with Crippen molar-refractivity contribution in [2.24, 2.45) is 10.4 Å². The molecule has 26 heavy (non-hydrogen) atoms. The molecule has 7 heteroatoms. The Bertz CT molecular complexity index is 612. The molecule has 2 aliphatic rings. The van der Waals surface area contributed by atoms with Gasteiger partial charge in [-0.3, -0.25) is 14.8 Å². The van der Waals surface area contributed by atoms with E-state index in [0.717, 1.165) is 25.6 Å². The largest absolute Gasteiger partial charge is 0.357 e. The van der Waals surface area contributed by atoms with Crippen LogP contribution in [0.25, 0.3) is 0 Å². The van der Waals surface area contributed by atoms with Gasteiger partial charge < -0.3 is 15.5 Å². The number of likely N-dealkylation sites (tertiary alicyclic amines) is 1. The maximum absolute atomic E-state index is 12.0. The van der Waals surface area contributed by atoms with Gasteiger partial charge in [-0.1, -0.05) is 19.3 Å². The lowest BCUT2D eigenvalue weighted by Crippen LogP contribution is -2.42. The van der Waals surface area contributed by atoms with Crippen LogP contribution in [0.4, 0.5) is 0 Å². The highest BCUT2D eigenvalue weighted by molar-refractivity contribution is 5.91. The monoisotopic (exact) mass is 358 g/mol. The van der Waals surface area contributed by atoms with Crippen LogP contribution >= 0.6 is 0 Å². The van der Waals surface area contributed by atoms with Gasteiger partial charge in [0.05, 0.1) is 12.7 Å². The predicted molar refractivity (Wildman–Crippen MR) is 102 cm³/mol. The molecule has 2 heterocycles. The Kier molecular flexibility index (Phi) is 6.41. The van der Waals surface area contributed by atoms with Crippen LogP contribution < -0.4 is 10.6 Å². The van der Waals surface area contributed by atoms with Crippen LogP contribution in [0.1, 0.15) is 55.9 Å². The quantitative estimate of drug-likeness (QED) is 0.477. The van der Waals surface area contributed by atoms with Gasteiger partial charge in [-0.25, -0.2) is 4.98 Å². The highest BCUT2D eigenvalue weighted by atomic mass is 16.1. The normalized spacial score (nSPS) is 19.6. The van der Waals surface area contributed by atoms with Gasteiger partial charge in [0.1, 0.15) is 5.69 Å². The molecule has 1 saturated carbocycles. The molecule has 0 aromatic carbocycles. The van der Waals surface area contributed by atoms with Gasteiger partial charge >= 0.3 is 0 Å². The number of amides is 1. The van der Waals surface area contributed by atoms with Crippen molar-refractivity contribution in [1.82, 2.24) is 25.5 Å². The fourth-order valence-corrected chi connectivity index (χ4v) is 4.09. The summed E-state index contributed by atoms with van der Waals surface area (Å²) in [5.74, 6) is 0.768. The van der Waals surface area contributed by atoms with Crippen LogP contribution in [0.15, 0.2) is 23.6 Å². The van der Waals surface area contributed by atoms with Gasteiger partial charge in [0.25, 0.3) is 5.91 Å². The molecule has 1 aliphatic carbocycles. The summed E-state index contributed by atoms with van der Waals surface area (Å²) >= 11 is 0. The second-order valence-corrected chi connectivity index (χ2v) is 7.31. The molecule has 1 aromatic heterocycles. The average molecular weight is 358 g/mol. The molecule has 0 unspecified atom stereocenters.